The molecule has 1 N–H and O–H groups in total. The molecule has 3 aromatic rings. The number of nitrogens with zero attached hydrogens (tertiary/aromatic N) is 3. The SMILES string of the molecule is C[C@H]1CNC(=O)c2c(-c3ccc(Cl)cc3)c(-c3ccncc3F)nn21. The van der Waals surface area contributed by atoms with Gasteiger partial charge in [-0.2, -0.15) is 5.10 Å². The third kappa shape index (κ3) is 2.59. The second kappa shape index (κ2) is 5.97. The molecule has 126 valence electrons. The van der Waals surface area contributed by atoms with E-state index in [0.29, 0.717) is 34.1 Å². The molecule has 0 radical (unpaired) electrons. The van der Waals surface area contributed by atoms with E-state index in [-0.39, 0.29) is 11.9 Å². The van der Waals surface area contributed by atoms with Crippen LogP contribution in [0.4, 0.5) is 4.39 Å². The molecule has 0 unspecified atom stereocenters. The fourth-order valence-corrected chi connectivity index (χ4v) is 3.15. The van der Waals surface area contributed by atoms with Gasteiger partial charge in [-0.05, 0) is 30.7 Å². The molecule has 1 aliphatic heterocycles. The van der Waals surface area contributed by atoms with Gasteiger partial charge in [-0.1, -0.05) is 23.7 Å². The largest absolute Gasteiger partial charge is 0.349 e. The molecule has 0 saturated heterocycles. The van der Waals surface area contributed by atoms with Crippen molar-refractivity contribution in [2.75, 3.05) is 6.54 Å². The zero-order valence-corrected chi connectivity index (χ0v) is 14.1. The number of aromatic nitrogens is 3. The number of nitrogens with one attached hydrogen (secondary N) is 1. The quantitative estimate of drug-likeness (QED) is 0.761. The summed E-state index contributed by atoms with van der Waals surface area (Å²) in [7, 11) is 0. The third-order valence-electron chi connectivity index (χ3n) is 4.26. The predicted molar refractivity (Wildman–Crippen MR) is 92.9 cm³/mol. The van der Waals surface area contributed by atoms with E-state index in [4.69, 9.17) is 11.6 Å². The Hall–Kier alpha value is -2.73. The smallest absolute Gasteiger partial charge is 0.270 e. The highest BCUT2D eigenvalue weighted by Gasteiger charge is 2.31. The second-order valence-corrected chi connectivity index (χ2v) is 6.37. The number of carbonyl (C=O) groups is 1. The van der Waals surface area contributed by atoms with Crippen molar-refractivity contribution < 1.29 is 9.18 Å². The number of halogens is 2. The zero-order chi connectivity index (χ0) is 17.6. The summed E-state index contributed by atoms with van der Waals surface area (Å²) in [4.78, 5) is 16.3. The highest BCUT2D eigenvalue weighted by molar-refractivity contribution is 6.30. The van der Waals surface area contributed by atoms with E-state index < -0.39 is 5.82 Å². The van der Waals surface area contributed by atoms with Crippen molar-refractivity contribution in [1.29, 1.82) is 0 Å². The molecule has 5 nitrogen and oxygen atoms in total. The van der Waals surface area contributed by atoms with Gasteiger partial charge in [-0.25, -0.2) is 4.39 Å². The molecule has 2 aromatic heterocycles. The molecule has 0 saturated carbocycles. The minimum atomic E-state index is -0.485. The van der Waals surface area contributed by atoms with Crippen molar-refractivity contribution in [3.8, 4) is 22.4 Å². The van der Waals surface area contributed by atoms with E-state index in [2.05, 4.69) is 15.4 Å². The van der Waals surface area contributed by atoms with Gasteiger partial charge in [-0.15, -0.1) is 0 Å². The monoisotopic (exact) mass is 356 g/mol. The van der Waals surface area contributed by atoms with Crippen LogP contribution in [0.25, 0.3) is 22.4 Å². The van der Waals surface area contributed by atoms with Crippen LogP contribution in [0.3, 0.4) is 0 Å². The van der Waals surface area contributed by atoms with Crippen LogP contribution < -0.4 is 5.32 Å². The first-order chi connectivity index (χ1) is 12.1. The minimum absolute atomic E-state index is 0.0302. The predicted octanol–water partition coefficient (Wildman–Crippen LogP) is 3.71. The van der Waals surface area contributed by atoms with Crippen molar-refractivity contribution >= 4 is 17.5 Å². The summed E-state index contributed by atoms with van der Waals surface area (Å²) in [5.41, 5.74) is 2.49. The Morgan fingerprint density at radius 2 is 2.04 bits per heavy atom. The summed E-state index contributed by atoms with van der Waals surface area (Å²) in [5, 5.41) is 8.01. The fourth-order valence-electron chi connectivity index (χ4n) is 3.03. The average molecular weight is 357 g/mol. The van der Waals surface area contributed by atoms with Crippen LogP contribution >= 0.6 is 11.6 Å². The van der Waals surface area contributed by atoms with Crippen LogP contribution in [0.5, 0.6) is 0 Å². The topological polar surface area (TPSA) is 59.8 Å². The minimum Gasteiger partial charge on any atom is -0.349 e. The van der Waals surface area contributed by atoms with Gasteiger partial charge in [0.15, 0.2) is 5.82 Å². The maximum Gasteiger partial charge on any atom is 0.270 e. The standard InChI is InChI=1S/C18H14ClFN4O/c1-10-8-22-18(25)17-15(11-2-4-12(19)5-3-11)16(23-24(10)17)13-6-7-21-9-14(13)20/h2-7,9-10H,8H2,1H3,(H,22,25)/t10-/m0/s1. The van der Waals surface area contributed by atoms with E-state index in [1.807, 2.05) is 6.92 Å². The number of benzene rings is 1. The van der Waals surface area contributed by atoms with Gasteiger partial charge in [0.25, 0.3) is 5.91 Å². The van der Waals surface area contributed by atoms with E-state index >= 15 is 0 Å². The lowest BCUT2D eigenvalue weighted by Gasteiger charge is -2.22. The molecule has 0 spiro atoms. The normalized spacial score (nSPS) is 16.4. The van der Waals surface area contributed by atoms with Gasteiger partial charge < -0.3 is 5.32 Å². The Morgan fingerprint density at radius 1 is 1.28 bits per heavy atom. The number of rotatable bonds is 2. The molecule has 3 heterocycles. The van der Waals surface area contributed by atoms with E-state index in [1.165, 1.54) is 6.20 Å². The van der Waals surface area contributed by atoms with E-state index in [0.717, 1.165) is 11.8 Å². The lowest BCUT2D eigenvalue weighted by Crippen LogP contribution is -2.38. The Bertz CT molecular complexity index is 968. The van der Waals surface area contributed by atoms with Crippen molar-refractivity contribution in [1.82, 2.24) is 20.1 Å². The molecule has 7 heteroatoms. The van der Waals surface area contributed by atoms with Crippen LogP contribution in [0.15, 0.2) is 42.7 Å². The third-order valence-corrected chi connectivity index (χ3v) is 4.51. The highest BCUT2D eigenvalue weighted by atomic mass is 35.5. The van der Waals surface area contributed by atoms with Gasteiger partial charge >= 0.3 is 0 Å². The van der Waals surface area contributed by atoms with Gasteiger partial charge in [0, 0.05) is 28.9 Å². The number of amides is 1. The number of hydrogen-bond donors (Lipinski definition) is 1. The summed E-state index contributed by atoms with van der Waals surface area (Å²) >= 11 is 5.98. The maximum absolute atomic E-state index is 14.4. The van der Waals surface area contributed by atoms with Crippen LogP contribution in [0.1, 0.15) is 23.5 Å². The first-order valence-corrected chi connectivity index (χ1v) is 8.20. The molecule has 1 amide bonds. The van der Waals surface area contributed by atoms with Crippen molar-refractivity contribution in [3.05, 3.63) is 59.3 Å². The summed E-state index contributed by atoms with van der Waals surface area (Å²) in [6, 6.07) is 8.60. The van der Waals surface area contributed by atoms with Crippen molar-refractivity contribution in [2.24, 2.45) is 0 Å². The first kappa shape index (κ1) is 15.8. The molecule has 4 rings (SSSR count). The highest BCUT2D eigenvalue weighted by Crippen LogP contribution is 2.38. The average Bonchev–Trinajstić information content (AvgIpc) is 3.01. The number of fused-ring (bicyclic) bond motifs is 1. The van der Waals surface area contributed by atoms with Gasteiger partial charge in [-0.3, -0.25) is 14.5 Å². The van der Waals surface area contributed by atoms with Gasteiger partial charge in [0.2, 0.25) is 0 Å². The molecule has 0 aliphatic carbocycles. The molecule has 0 fully saturated rings. The Morgan fingerprint density at radius 3 is 2.76 bits per heavy atom. The molecule has 0 bridgehead atoms. The molecule has 1 aliphatic rings. The van der Waals surface area contributed by atoms with Crippen molar-refractivity contribution in [2.45, 2.75) is 13.0 Å². The Balaban J connectivity index is 2.04. The Labute approximate surface area is 148 Å². The molecule has 1 aromatic carbocycles. The lowest BCUT2D eigenvalue weighted by molar-refractivity contribution is 0.0913. The summed E-state index contributed by atoms with van der Waals surface area (Å²) in [5.74, 6) is -0.711. The second-order valence-electron chi connectivity index (χ2n) is 5.94. The van der Waals surface area contributed by atoms with E-state index in [9.17, 15) is 9.18 Å². The molecular weight excluding hydrogens is 343 g/mol. The zero-order valence-electron chi connectivity index (χ0n) is 13.3. The Kier molecular flexibility index (Phi) is 3.77. The molecule has 1 atom stereocenters. The van der Waals surface area contributed by atoms with Crippen molar-refractivity contribution in [3.63, 3.8) is 0 Å². The van der Waals surface area contributed by atoms with E-state index in [1.54, 1.807) is 35.0 Å². The molecule has 25 heavy (non-hydrogen) atoms. The van der Waals surface area contributed by atoms with Crippen LogP contribution in [0, 0.1) is 5.82 Å². The van der Waals surface area contributed by atoms with Crippen LogP contribution in [-0.4, -0.2) is 27.2 Å². The van der Waals surface area contributed by atoms with Gasteiger partial charge in [0.05, 0.1) is 12.2 Å². The maximum atomic E-state index is 14.4. The van der Waals surface area contributed by atoms with Crippen LogP contribution in [0.2, 0.25) is 5.02 Å². The number of pyridine rings is 1. The lowest BCUT2D eigenvalue weighted by atomic mass is 9.98. The fraction of sp³-hybridized carbons (Fsp3) is 0.167. The molecular formula is C18H14ClFN4O. The summed E-state index contributed by atoms with van der Waals surface area (Å²) in [6.45, 7) is 2.43. The number of hydrogen-bond acceptors (Lipinski definition) is 3. The summed E-state index contributed by atoms with van der Waals surface area (Å²) < 4.78 is 16.0. The number of carbonyl (C=O) groups excluding carboxylic acids is 1. The van der Waals surface area contributed by atoms with Gasteiger partial charge in [0.1, 0.15) is 11.4 Å². The van der Waals surface area contributed by atoms with Crippen LogP contribution in [-0.2, 0) is 0 Å². The summed E-state index contributed by atoms with van der Waals surface area (Å²) in [6.07, 6.45) is 2.65. The first-order valence-electron chi connectivity index (χ1n) is 7.83.